The van der Waals surface area contributed by atoms with Crippen molar-refractivity contribution in [3.63, 3.8) is 0 Å². The summed E-state index contributed by atoms with van der Waals surface area (Å²) < 4.78 is 64.7. The Kier molecular flexibility index (Phi) is 3.66. The largest absolute Gasteiger partial charge is 0.453 e. The molecule has 22 heavy (non-hydrogen) atoms. The van der Waals surface area contributed by atoms with Gasteiger partial charge in [0.1, 0.15) is 9.22 Å². The number of alkyl halides is 3. The minimum Gasteiger partial charge on any atom is -0.206 e. The van der Waals surface area contributed by atoms with Gasteiger partial charge in [-0.25, -0.2) is 13.1 Å². The fourth-order valence-corrected chi connectivity index (χ4v) is 4.44. The lowest BCUT2D eigenvalue weighted by molar-refractivity contribution is -0.146. The number of fused-ring (bicyclic) bond motifs is 1. The number of rotatable bonds is 4. The average molecular weight is 369 g/mol. The zero-order chi connectivity index (χ0) is 16.0. The lowest BCUT2D eigenvalue weighted by Gasteiger charge is -2.02. The molecular weight excluding hydrogens is 363 g/mol. The summed E-state index contributed by atoms with van der Waals surface area (Å²) in [6.45, 7) is -0.231. The van der Waals surface area contributed by atoms with E-state index in [0.29, 0.717) is 4.52 Å². The zero-order valence-corrected chi connectivity index (χ0v) is 12.9. The fraction of sp³-hybridized carbons (Fsp3) is 0.222. The second-order valence-corrected chi connectivity index (χ2v) is 7.95. The van der Waals surface area contributed by atoms with Crippen molar-refractivity contribution < 1.29 is 21.6 Å². The second kappa shape index (κ2) is 5.26. The summed E-state index contributed by atoms with van der Waals surface area (Å²) in [7, 11) is -3.71. The Balaban J connectivity index is 1.82. The maximum atomic E-state index is 12.7. The number of aromatic nitrogens is 4. The Hall–Kier alpha value is -1.57. The number of hydrogen-bond acceptors (Lipinski definition) is 7. The third-order valence-corrected chi connectivity index (χ3v) is 6.16. The van der Waals surface area contributed by atoms with Gasteiger partial charge < -0.3 is 0 Å². The normalized spacial score (nSPS) is 13.0. The first-order chi connectivity index (χ1) is 10.3. The summed E-state index contributed by atoms with van der Waals surface area (Å²) in [5, 5.41) is 11.8. The van der Waals surface area contributed by atoms with Crippen molar-refractivity contribution in [2.24, 2.45) is 0 Å². The first kappa shape index (κ1) is 15.3. The molecule has 0 amide bonds. The summed E-state index contributed by atoms with van der Waals surface area (Å²) in [6, 6.07) is 3.01. The molecule has 0 atom stereocenters. The van der Waals surface area contributed by atoms with E-state index >= 15 is 0 Å². The summed E-state index contributed by atoms with van der Waals surface area (Å²) in [5.74, 6) is -1.24. The number of sulfonamides is 1. The Morgan fingerprint density at radius 2 is 2.09 bits per heavy atom. The lowest BCUT2D eigenvalue weighted by Crippen LogP contribution is -2.22. The average Bonchev–Trinajstić information content (AvgIpc) is 3.11. The summed E-state index contributed by atoms with van der Waals surface area (Å²) in [6.07, 6.45) is -4.68. The van der Waals surface area contributed by atoms with Crippen LogP contribution in [0.4, 0.5) is 13.2 Å². The lowest BCUT2D eigenvalue weighted by atomic mass is 10.6. The predicted molar refractivity (Wildman–Crippen MR) is 72.0 cm³/mol. The van der Waals surface area contributed by atoms with Crippen LogP contribution in [0, 0.1) is 0 Å². The van der Waals surface area contributed by atoms with Crippen LogP contribution >= 0.6 is 22.7 Å². The molecule has 0 bridgehead atoms. The van der Waals surface area contributed by atoms with E-state index in [1.165, 1.54) is 6.07 Å². The van der Waals surface area contributed by atoms with Gasteiger partial charge >= 0.3 is 6.18 Å². The first-order valence-corrected chi connectivity index (χ1v) is 8.77. The molecule has 0 aliphatic carbocycles. The molecule has 13 heteroatoms. The maximum Gasteiger partial charge on any atom is 0.453 e. The molecule has 0 fully saturated rings. The van der Waals surface area contributed by atoms with Gasteiger partial charge in [0.2, 0.25) is 15.0 Å². The summed E-state index contributed by atoms with van der Waals surface area (Å²) >= 11 is 1.86. The van der Waals surface area contributed by atoms with E-state index in [9.17, 15) is 21.6 Å². The number of nitrogens with zero attached hydrogens (tertiary/aromatic N) is 4. The Morgan fingerprint density at radius 3 is 2.73 bits per heavy atom. The topological polar surface area (TPSA) is 89.2 Å². The molecule has 0 aliphatic rings. The molecule has 0 aliphatic heterocycles. The zero-order valence-electron chi connectivity index (χ0n) is 10.4. The van der Waals surface area contributed by atoms with Crippen LogP contribution in [0.2, 0.25) is 0 Å². The van der Waals surface area contributed by atoms with Crippen LogP contribution < -0.4 is 4.72 Å². The number of halogens is 3. The first-order valence-electron chi connectivity index (χ1n) is 5.59. The molecule has 0 saturated heterocycles. The van der Waals surface area contributed by atoms with E-state index in [1.54, 1.807) is 11.4 Å². The van der Waals surface area contributed by atoms with E-state index in [2.05, 4.69) is 20.0 Å². The van der Waals surface area contributed by atoms with Gasteiger partial charge in [0.05, 0.1) is 6.54 Å². The Bertz CT molecular complexity index is 897. The van der Waals surface area contributed by atoms with Crippen molar-refractivity contribution in [3.05, 3.63) is 28.3 Å². The highest BCUT2D eigenvalue weighted by molar-refractivity contribution is 7.91. The van der Waals surface area contributed by atoms with Crippen LogP contribution in [0.25, 0.3) is 4.96 Å². The van der Waals surface area contributed by atoms with Gasteiger partial charge in [-0.15, -0.1) is 21.5 Å². The highest BCUT2D eigenvalue weighted by Crippen LogP contribution is 2.29. The number of nitrogens with one attached hydrogen (secondary N) is 1. The molecule has 3 rings (SSSR count). The molecule has 0 spiro atoms. The van der Waals surface area contributed by atoms with Crippen molar-refractivity contribution in [2.75, 3.05) is 0 Å². The monoisotopic (exact) mass is 369 g/mol. The van der Waals surface area contributed by atoms with Crippen LogP contribution in [-0.2, 0) is 22.7 Å². The molecule has 0 aromatic carbocycles. The highest BCUT2D eigenvalue weighted by Gasteiger charge is 2.38. The predicted octanol–water partition coefficient (Wildman–Crippen LogP) is 1.74. The quantitative estimate of drug-likeness (QED) is 0.757. The van der Waals surface area contributed by atoms with E-state index < -0.39 is 22.0 Å². The van der Waals surface area contributed by atoms with Gasteiger partial charge in [-0.2, -0.15) is 22.8 Å². The van der Waals surface area contributed by atoms with Crippen LogP contribution in [0.3, 0.4) is 0 Å². The van der Waals surface area contributed by atoms with Gasteiger partial charge in [-0.1, -0.05) is 17.4 Å². The molecule has 0 saturated carbocycles. The third-order valence-electron chi connectivity index (χ3n) is 2.46. The molecule has 3 heterocycles. The maximum absolute atomic E-state index is 12.7. The molecule has 3 aromatic rings. The van der Waals surface area contributed by atoms with Crippen LogP contribution in [-0.4, -0.2) is 28.2 Å². The standard InChI is InChI=1S/C9H6F3N5O2S3/c10-9(11,12)7-14-15-8-17(7)16-5(21-8)4-13-22(18,19)6-2-1-3-20-6/h1-3,13H,4H2. The van der Waals surface area contributed by atoms with Crippen molar-refractivity contribution in [2.45, 2.75) is 16.9 Å². The number of hydrogen-bond donors (Lipinski definition) is 1. The summed E-state index contributed by atoms with van der Waals surface area (Å²) in [5.41, 5.74) is 0. The Labute approximate surface area is 129 Å². The summed E-state index contributed by atoms with van der Waals surface area (Å²) in [4.78, 5) is -0.0577. The highest BCUT2D eigenvalue weighted by atomic mass is 32.2. The van der Waals surface area contributed by atoms with Crippen molar-refractivity contribution >= 4 is 37.7 Å². The van der Waals surface area contributed by atoms with E-state index in [0.717, 1.165) is 22.7 Å². The van der Waals surface area contributed by atoms with Crippen LogP contribution in [0.15, 0.2) is 21.7 Å². The SMILES string of the molecule is O=S(=O)(NCc1nn2c(C(F)(F)F)nnc2s1)c1cccs1. The third kappa shape index (κ3) is 2.84. The van der Waals surface area contributed by atoms with Gasteiger partial charge in [0.15, 0.2) is 0 Å². The molecule has 7 nitrogen and oxygen atoms in total. The van der Waals surface area contributed by atoms with Gasteiger partial charge in [0, 0.05) is 0 Å². The van der Waals surface area contributed by atoms with E-state index in [1.807, 2.05) is 0 Å². The molecule has 3 aromatic heterocycles. The second-order valence-electron chi connectivity index (χ2n) is 3.97. The van der Waals surface area contributed by atoms with E-state index in [4.69, 9.17) is 0 Å². The molecular formula is C9H6F3N5O2S3. The molecule has 118 valence electrons. The van der Waals surface area contributed by atoms with Gasteiger partial charge in [-0.05, 0) is 11.4 Å². The smallest absolute Gasteiger partial charge is 0.206 e. The van der Waals surface area contributed by atoms with Crippen molar-refractivity contribution in [3.8, 4) is 0 Å². The Morgan fingerprint density at radius 1 is 1.32 bits per heavy atom. The fourth-order valence-electron chi connectivity index (χ4n) is 1.55. The van der Waals surface area contributed by atoms with Crippen LogP contribution in [0.5, 0.6) is 0 Å². The minimum atomic E-state index is -4.68. The van der Waals surface area contributed by atoms with Gasteiger partial charge in [-0.3, -0.25) is 0 Å². The van der Waals surface area contributed by atoms with Crippen molar-refractivity contribution in [1.82, 2.24) is 24.5 Å². The molecule has 0 unspecified atom stereocenters. The minimum absolute atomic E-state index is 0.0577. The molecule has 1 N–H and O–H groups in total. The molecule has 0 radical (unpaired) electrons. The van der Waals surface area contributed by atoms with Gasteiger partial charge in [0.25, 0.3) is 5.82 Å². The number of thiophene rings is 1. The van der Waals surface area contributed by atoms with Crippen molar-refractivity contribution in [1.29, 1.82) is 0 Å². The van der Waals surface area contributed by atoms with E-state index in [-0.39, 0.29) is 20.7 Å². The van der Waals surface area contributed by atoms with Crippen LogP contribution in [0.1, 0.15) is 10.8 Å².